The second-order valence-corrected chi connectivity index (χ2v) is 10.5. The smallest absolute Gasteiger partial charge is 0.244 e. The number of carbonyl (C=O) groups excluding carboxylic acids is 2. The lowest BCUT2D eigenvalue weighted by atomic mass is 10.0. The minimum absolute atomic E-state index is 0.0315. The summed E-state index contributed by atoms with van der Waals surface area (Å²) in [5.74, 6) is -1.02. The van der Waals surface area contributed by atoms with Gasteiger partial charge in [0.05, 0.1) is 11.9 Å². The highest BCUT2D eigenvalue weighted by atomic mass is 32.2. The van der Waals surface area contributed by atoms with Gasteiger partial charge in [0.2, 0.25) is 21.8 Å². The summed E-state index contributed by atoms with van der Waals surface area (Å²) in [4.78, 5) is 27.4. The van der Waals surface area contributed by atoms with Crippen LogP contribution in [0.2, 0.25) is 0 Å². The Labute approximate surface area is 202 Å². The van der Waals surface area contributed by atoms with Crippen LogP contribution in [0.25, 0.3) is 0 Å². The van der Waals surface area contributed by atoms with Gasteiger partial charge in [-0.15, -0.1) is 0 Å². The SMILES string of the molecule is CCCNC(=O)[C@@H](C)N(Cc1ccc(F)cc1)C(=O)CN(c1ccc(C(C)C)cc1)S(C)(=O)=O. The van der Waals surface area contributed by atoms with Gasteiger partial charge in [0.1, 0.15) is 18.4 Å². The number of hydrogen-bond acceptors (Lipinski definition) is 4. The molecule has 2 aromatic carbocycles. The second kappa shape index (κ2) is 12.0. The maximum atomic E-state index is 13.4. The molecule has 1 N–H and O–H groups in total. The number of carbonyl (C=O) groups is 2. The third-order valence-electron chi connectivity index (χ3n) is 5.51. The molecule has 2 aromatic rings. The van der Waals surface area contributed by atoms with E-state index in [1.807, 2.05) is 32.9 Å². The van der Waals surface area contributed by atoms with E-state index in [1.165, 1.54) is 29.2 Å². The fourth-order valence-corrected chi connectivity index (χ4v) is 4.25. The molecule has 34 heavy (non-hydrogen) atoms. The quantitative estimate of drug-likeness (QED) is 0.520. The van der Waals surface area contributed by atoms with Crippen LogP contribution < -0.4 is 9.62 Å². The van der Waals surface area contributed by atoms with Crippen molar-refractivity contribution in [3.8, 4) is 0 Å². The fraction of sp³-hybridized carbons (Fsp3) is 0.440. The predicted molar refractivity (Wildman–Crippen MR) is 132 cm³/mol. The van der Waals surface area contributed by atoms with Gasteiger partial charge in [-0.2, -0.15) is 0 Å². The lowest BCUT2D eigenvalue weighted by Crippen LogP contribution is -2.51. The molecule has 0 unspecified atom stereocenters. The van der Waals surface area contributed by atoms with Crippen LogP contribution in [0.3, 0.4) is 0 Å². The van der Waals surface area contributed by atoms with Crippen LogP contribution in [0.5, 0.6) is 0 Å². The zero-order valence-electron chi connectivity index (χ0n) is 20.4. The fourth-order valence-electron chi connectivity index (χ4n) is 3.40. The highest BCUT2D eigenvalue weighted by molar-refractivity contribution is 7.92. The minimum Gasteiger partial charge on any atom is -0.354 e. The average molecular weight is 492 g/mol. The van der Waals surface area contributed by atoms with Gasteiger partial charge in [-0.25, -0.2) is 12.8 Å². The third-order valence-corrected chi connectivity index (χ3v) is 6.65. The first-order chi connectivity index (χ1) is 15.9. The van der Waals surface area contributed by atoms with Gasteiger partial charge < -0.3 is 10.2 Å². The van der Waals surface area contributed by atoms with E-state index < -0.39 is 34.3 Å². The number of hydrogen-bond donors (Lipinski definition) is 1. The number of halogens is 1. The number of sulfonamides is 1. The molecule has 0 spiro atoms. The molecule has 0 saturated carbocycles. The number of amides is 2. The van der Waals surface area contributed by atoms with Crippen LogP contribution in [0.15, 0.2) is 48.5 Å². The highest BCUT2D eigenvalue weighted by Gasteiger charge is 2.30. The summed E-state index contributed by atoms with van der Waals surface area (Å²) in [5.41, 5.74) is 2.03. The van der Waals surface area contributed by atoms with E-state index in [-0.39, 0.29) is 18.4 Å². The molecule has 0 aromatic heterocycles. The molecular weight excluding hydrogens is 457 g/mol. The van der Waals surface area contributed by atoms with Crippen LogP contribution in [0.1, 0.15) is 51.2 Å². The highest BCUT2D eigenvalue weighted by Crippen LogP contribution is 2.23. The standard InChI is InChI=1S/C25H34FN3O4S/c1-6-15-27-25(31)19(4)28(16-20-7-11-22(26)12-8-20)24(30)17-29(34(5,32)33)23-13-9-21(10-14-23)18(2)3/h7-14,18-19H,6,15-17H2,1-5H3,(H,27,31)/t19-/m1/s1. The van der Waals surface area contributed by atoms with E-state index in [0.29, 0.717) is 17.8 Å². The minimum atomic E-state index is -3.78. The van der Waals surface area contributed by atoms with Gasteiger partial charge in [-0.1, -0.05) is 45.0 Å². The Bertz CT molecular complexity index is 1070. The molecule has 0 bridgehead atoms. The number of benzene rings is 2. The monoisotopic (exact) mass is 491 g/mol. The maximum Gasteiger partial charge on any atom is 0.244 e. The lowest BCUT2D eigenvalue weighted by molar-refractivity contribution is -0.139. The van der Waals surface area contributed by atoms with E-state index in [0.717, 1.165) is 22.5 Å². The van der Waals surface area contributed by atoms with E-state index in [9.17, 15) is 22.4 Å². The van der Waals surface area contributed by atoms with Gasteiger partial charge in [0, 0.05) is 13.1 Å². The van der Waals surface area contributed by atoms with Crippen molar-refractivity contribution in [1.29, 1.82) is 0 Å². The first kappa shape index (κ1) is 27.3. The Morgan fingerprint density at radius 1 is 1.00 bits per heavy atom. The van der Waals surface area contributed by atoms with E-state index in [4.69, 9.17) is 0 Å². The number of anilines is 1. The summed E-state index contributed by atoms with van der Waals surface area (Å²) in [7, 11) is -3.78. The van der Waals surface area contributed by atoms with Crippen molar-refractivity contribution in [3.63, 3.8) is 0 Å². The van der Waals surface area contributed by atoms with Crippen molar-refractivity contribution in [2.24, 2.45) is 0 Å². The molecule has 1 atom stereocenters. The van der Waals surface area contributed by atoms with Gasteiger partial charge in [-0.3, -0.25) is 13.9 Å². The Morgan fingerprint density at radius 3 is 2.09 bits per heavy atom. The van der Waals surface area contributed by atoms with E-state index in [2.05, 4.69) is 5.32 Å². The number of rotatable bonds is 11. The molecule has 0 aliphatic rings. The van der Waals surface area contributed by atoms with Crippen LogP contribution in [-0.2, 0) is 26.2 Å². The number of nitrogens with one attached hydrogen (secondary N) is 1. The third kappa shape index (κ3) is 7.55. The van der Waals surface area contributed by atoms with Crippen molar-refractivity contribution in [2.45, 2.75) is 52.6 Å². The van der Waals surface area contributed by atoms with Gasteiger partial charge >= 0.3 is 0 Å². The predicted octanol–water partition coefficient (Wildman–Crippen LogP) is 3.66. The Balaban J connectivity index is 2.35. The summed E-state index contributed by atoms with van der Waals surface area (Å²) in [6, 6.07) is 11.8. The molecule has 0 fully saturated rings. The topological polar surface area (TPSA) is 86.8 Å². The molecule has 0 saturated heterocycles. The lowest BCUT2D eigenvalue weighted by Gasteiger charge is -2.31. The van der Waals surface area contributed by atoms with Gasteiger partial charge in [0.25, 0.3) is 0 Å². The summed E-state index contributed by atoms with van der Waals surface area (Å²) in [6.07, 6.45) is 1.77. The van der Waals surface area contributed by atoms with Crippen LogP contribution in [0.4, 0.5) is 10.1 Å². The van der Waals surface area contributed by atoms with E-state index >= 15 is 0 Å². The molecule has 2 rings (SSSR count). The summed E-state index contributed by atoms with van der Waals surface area (Å²) < 4.78 is 39.6. The molecule has 186 valence electrons. The molecular formula is C25H34FN3O4S. The molecule has 2 amide bonds. The molecule has 0 heterocycles. The second-order valence-electron chi connectivity index (χ2n) is 8.63. The zero-order valence-corrected chi connectivity index (χ0v) is 21.2. The molecule has 0 aliphatic carbocycles. The molecule has 7 nitrogen and oxygen atoms in total. The Morgan fingerprint density at radius 2 is 1.59 bits per heavy atom. The summed E-state index contributed by atoms with van der Waals surface area (Å²) in [6.45, 7) is 7.60. The largest absolute Gasteiger partial charge is 0.354 e. The first-order valence-electron chi connectivity index (χ1n) is 11.3. The number of nitrogens with zero attached hydrogens (tertiary/aromatic N) is 2. The maximum absolute atomic E-state index is 13.4. The summed E-state index contributed by atoms with van der Waals surface area (Å²) >= 11 is 0. The van der Waals surface area contributed by atoms with Gasteiger partial charge in [0.15, 0.2) is 0 Å². The van der Waals surface area contributed by atoms with Crippen molar-refractivity contribution < 1.29 is 22.4 Å². The van der Waals surface area contributed by atoms with Crippen LogP contribution in [0, 0.1) is 5.82 Å². The zero-order chi connectivity index (χ0) is 25.5. The van der Waals surface area contributed by atoms with Crippen molar-refractivity contribution in [2.75, 3.05) is 23.7 Å². The summed E-state index contributed by atoms with van der Waals surface area (Å²) in [5, 5.41) is 2.77. The van der Waals surface area contributed by atoms with Crippen molar-refractivity contribution in [1.82, 2.24) is 10.2 Å². The normalized spacial score (nSPS) is 12.3. The Hall–Kier alpha value is -2.94. The van der Waals surface area contributed by atoms with Gasteiger partial charge in [-0.05, 0) is 54.7 Å². The first-order valence-corrected chi connectivity index (χ1v) is 13.2. The molecule has 0 aliphatic heterocycles. The van der Waals surface area contributed by atoms with Crippen molar-refractivity contribution in [3.05, 3.63) is 65.5 Å². The van der Waals surface area contributed by atoms with Crippen molar-refractivity contribution >= 4 is 27.5 Å². The average Bonchev–Trinajstić information content (AvgIpc) is 2.79. The van der Waals surface area contributed by atoms with Crippen LogP contribution >= 0.6 is 0 Å². The van der Waals surface area contributed by atoms with E-state index in [1.54, 1.807) is 19.1 Å². The molecule has 0 radical (unpaired) electrons. The van der Waals surface area contributed by atoms with Crippen LogP contribution in [-0.4, -0.2) is 50.5 Å². The Kier molecular flexibility index (Phi) is 9.61. The molecule has 9 heteroatoms.